The molecule has 0 aliphatic heterocycles. The molecule has 2 rings (SSSR count). The van der Waals surface area contributed by atoms with E-state index < -0.39 is 10.8 Å². The van der Waals surface area contributed by atoms with Crippen molar-refractivity contribution >= 4 is 38.9 Å². The van der Waals surface area contributed by atoms with Crippen LogP contribution in [0.3, 0.4) is 0 Å². The number of hydrogen-bond acceptors (Lipinski definition) is 5. The summed E-state index contributed by atoms with van der Waals surface area (Å²) in [5, 5.41) is 24.7. The fourth-order valence-electron chi connectivity index (χ4n) is 1.57. The van der Waals surface area contributed by atoms with Crippen molar-refractivity contribution in [2.24, 2.45) is 0 Å². The summed E-state index contributed by atoms with van der Waals surface area (Å²) in [7, 11) is 0. The fourth-order valence-corrected chi connectivity index (χ4v) is 2.96. The molecule has 0 spiro atoms. The standard InChI is InChI=1S/C12H9BrN2O4S/c13-7-3-9(20-6-7)5-14-12(17)10-4-8(16)1-2-11(10)15(18)19/h1-4,6,16H,5H2,(H,14,17). The Morgan fingerprint density at radius 2 is 2.20 bits per heavy atom. The first-order valence-electron chi connectivity index (χ1n) is 5.46. The molecule has 0 atom stereocenters. The molecule has 0 saturated carbocycles. The van der Waals surface area contributed by atoms with Gasteiger partial charge < -0.3 is 10.4 Å². The quantitative estimate of drug-likeness (QED) is 0.650. The normalized spacial score (nSPS) is 10.2. The predicted octanol–water partition coefficient (Wildman–Crippen LogP) is 3.05. The molecule has 0 saturated heterocycles. The number of phenolic OH excluding ortho intramolecular Hbond substituents is 1. The zero-order valence-corrected chi connectivity index (χ0v) is 12.4. The number of nitrogens with zero attached hydrogens (tertiary/aromatic N) is 1. The van der Waals surface area contributed by atoms with Crippen molar-refractivity contribution in [1.29, 1.82) is 0 Å². The van der Waals surface area contributed by atoms with Gasteiger partial charge in [-0.25, -0.2) is 0 Å². The minimum absolute atomic E-state index is 0.161. The third-order valence-electron chi connectivity index (χ3n) is 2.47. The summed E-state index contributed by atoms with van der Waals surface area (Å²) in [5.74, 6) is -0.795. The number of benzene rings is 1. The van der Waals surface area contributed by atoms with Crippen molar-refractivity contribution in [3.63, 3.8) is 0 Å². The Kier molecular flexibility index (Phi) is 4.35. The summed E-state index contributed by atoms with van der Waals surface area (Å²) in [6.45, 7) is 0.266. The molecule has 0 unspecified atom stereocenters. The van der Waals surface area contributed by atoms with Gasteiger partial charge in [-0.1, -0.05) is 0 Å². The van der Waals surface area contributed by atoms with Gasteiger partial charge in [-0.15, -0.1) is 11.3 Å². The number of nitro groups is 1. The molecule has 20 heavy (non-hydrogen) atoms. The first-order chi connectivity index (χ1) is 9.47. The van der Waals surface area contributed by atoms with E-state index in [4.69, 9.17) is 0 Å². The number of nitro benzene ring substituents is 1. The van der Waals surface area contributed by atoms with Crippen LogP contribution in [0.15, 0.2) is 34.1 Å². The molecule has 0 radical (unpaired) electrons. The van der Waals surface area contributed by atoms with E-state index in [0.29, 0.717) is 0 Å². The Hall–Kier alpha value is -1.93. The number of halogens is 1. The van der Waals surface area contributed by atoms with Gasteiger partial charge in [-0.05, 0) is 34.1 Å². The summed E-state index contributed by atoms with van der Waals surface area (Å²) >= 11 is 4.76. The molecule has 0 aliphatic rings. The van der Waals surface area contributed by atoms with Gasteiger partial charge in [0, 0.05) is 20.8 Å². The highest BCUT2D eigenvalue weighted by Crippen LogP contribution is 2.24. The number of thiophene rings is 1. The van der Waals surface area contributed by atoms with Crippen LogP contribution in [0.4, 0.5) is 5.69 Å². The third kappa shape index (κ3) is 3.34. The maximum Gasteiger partial charge on any atom is 0.282 e. The Morgan fingerprint density at radius 1 is 1.45 bits per heavy atom. The maximum atomic E-state index is 12.0. The number of aromatic hydroxyl groups is 1. The van der Waals surface area contributed by atoms with E-state index >= 15 is 0 Å². The van der Waals surface area contributed by atoms with Crippen LogP contribution in [0.25, 0.3) is 0 Å². The van der Waals surface area contributed by atoms with Gasteiger partial charge in [-0.3, -0.25) is 14.9 Å². The lowest BCUT2D eigenvalue weighted by Crippen LogP contribution is -2.23. The maximum absolute atomic E-state index is 12.0. The van der Waals surface area contributed by atoms with Crippen molar-refractivity contribution in [1.82, 2.24) is 5.32 Å². The minimum Gasteiger partial charge on any atom is -0.508 e. The second kappa shape index (κ2) is 6.02. The molecule has 1 heterocycles. The number of carbonyl (C=O) groups is 1. The van der Waals surface area contributed by atoms with Gasteiger partial charge in [0.1, 0.15) is 11.3 Å². The second-order valence-corrected chi connectivity index (χ2v) is 5.78. The van der Waals surface area contributed by atoms with Crippen LogP contribution in [0.5, 0.6) is 5.75 Å². The largest absolute Gasteiger partial charge is 0.508 e. The first-order valence-corrected chi connectivity index (χ1v) is 7.13. The predicted molar refractivity (Wildman–Crippen MR) is 78.0 cm³/mol. The van der Waals surface area contributed by atoms with Gasteiger partial charge in [0.25, 0.3) is 11.6 Å². The van der Waals surface area contributed by atoms with Crippen molar-refractivity contribution < 1.29 is 14.8 Å². The van der Waals surface area contributed by atoms with Gasteiger partial charge >= 0.3 is 0 Å². The molecule has 0 bridgehead atoms. The lowest BCUT2D eigenvalue weighted by atomic mass is 10.1. The number of phenols is 1. The van der Waals surface area contributed by atoms with Crippen LogP contribution in [0.2, 0.25) is 0 Å². The van der Waals surface area contributed by atoms with E-state index in [1.54, 1.807) is 0 Å². The molecule has 0 fully saturated rings. The summed E-state index contributed by atoms with van der Waals surface area (Å²) in [4.78, 5) is 23.1. The monoisotopic (exact) mass is 356 g/mol. The third-order valence-corrected chi connectivity index (χ3v) is 4.16. The van der Waals surface area contributed by atoms with Crippen LogP contribution in [-0.2, 0) is 6.54 Å². The molecule has 1 aromatic heterocycles. The van der Waals surface area contributed by atoms with Crippen molar-refractivity contribution in [2.75, 3.05) is 0 Å². The van der Waals surface area contributed by atoms with E-state index in [-0.39, 0.29) is 23.5 Å². The smallest absolute Gasteiger partial charge is 0.282 e. The molecule has 8 heteroatoms. The fraction of sp³-hybridized carbons (Fsp3) is 0.0833. The summed E-state index contributed by atoms with van der Waals surface area (Å²) in [6, 6.07) is 5.21. The van der Waals surface area contributed by atoms with E-state index in [9.17, 15) is 20.0 Å². The van der Waals surface area contributed by atoms with E-state index in [1.165, 1.54) is 17.4 Å². The zero-order chi connectivity index (χ0) is 14.7. The Bertz CT molecular complexity index is 671. The second-order valence-electron chi connectivity index (χ2n) is 3.87. The van der Waals surface area contributed by atoms with Crippen molar-refractivity contribution in [3.05, 3.63) is 54.7 Å². The van der Waals surface area contributed by atoms with E-state index in [0.717, 1.165) is 21.5 Å². The minimum atomic E-state index is -0.657. The molecule has 2 aromatic rings. The van der Waals surface area contributed by atoms with Gasteiger partial charge in [0.2, 0.25) is 0 Å². The molecule has 2 N–H and O–H groups in total. The number of carbonyl (C=O) groups excluding carboxylic acids is 1. The number of nitrogens with one attached hydrogen (secondary N) is 1. The van der Waals surface area contributed by atoms with Crippen LogP contribution in [0, 0.1) is 10.1 Å². The Balaban J connectivity index is 2.16. The SMILES string of the molecule is O=C(NCc1cc(Br)cs1)c1cc(O)ccc1[N+](=O)[O-]. The summed E-state index contributed by atoms with van der Waals surface area (Å²) < 4.78 is 0.912. The highest BCUT2D eigenvalue weighted by molar-refractivity contribution is 9.10. The highest BCUT2D eigenvalue weighted by atomic mass is 79.9. The lowest BCUT2D eigenvalue weighted by molar-refractivity contribution is -0.385. The van der Waals surface area contributed by atoms with Crippen molar-refractivity contribution in [3.8, 4) is 5.75 Å². The van der Waals surface area contributed by atoms with Crippen LogP contribution in [-0.4, -0.2) is 15.9 Å². The van der Waals surface area contributed by atoms with Crippen LogP contribution >= 0.6 is 27.3 Å². The molecule has 104 valence electrons. The molecule has 1 aromatic carbocycles. The lowest BCUT2D eigenvalue weighted by Gasteiger charge is -2.05. The molecule has 0 aliphatic carbocycles. The topological polar surface area (TPSA) is 92.5 Å². The van der Waals surface area contributed by atoms with Crippen molar-refractivity contribution in [2.45, 2.75) is 6.54 Å². The number of rotatable bonds is 4. The number of amides is 1. The molecular formula is C12H9BrN2O4S. The van der Waals surface area contributed by atoms with Crippen LogP contribution < -0.4 is 5.32 Å². The van der Waals surface area contributed by atoms with Crippen LogP contribution in [0.1, 0.15) is 15.2 Å². The highest BCUT2D eigenvalue weighted by Gasteiger charge is 2.20. The van der Waals surface area contributed by atoms with E-state index in [2.05, 4.69) is 21.2 Å². The molecule has 1 amide bonds. The number of hydrogen-bond donors (Lipinski definition) is 2. The Morgan fingerprint density at radius 3 is 2.80 bits per heavy atom. The summed E-state index contributed by atoms with van der Waals surface area (Å²) in [5.41, 5.74) is -0.502. The van der Waals surface area contributed by atoms with Gasteiger partial charge in [0.05, 0.1) is 11.5 Å². The van der Waals surface area contributed by atoms with Gasteiger partial charge in [0.15, 0.2) is 0 Å². The summed E-state index contributed by atoms with van der Waals surface area (Å²) in [6.07, 6.45) is 0. The molecular weight excluding hydrogens is 348 g/mol. The molecule has 6 nitrogen and oxygen atoms in total. The average Bonchev–Trinajstić information content (AvgIpc) is 2.81. The van der Waals surface area contributed by atoms with E-state index in [1.807, 2.05) is 11.4 Å². The Labute approximate surface area is 126 Å². The van der Waals surface area contributed by atoms with Gasteiger partial charge in [-0.2, -0.15) is 0 Å². The first kappa shape index (κ1) is 14.5. The average molecular weight is 357 g/mol. The zero-order valence-electron chi connectivity index (χ0n) is 10.00.